The molecule has 3 rings (SSSR count). The summed E-state index contributed by atoms with van der Waals surface area (Å²) in [6, 6.07) is 9.01. The van der Waals surface area contributed by atoms with E-state index in [4.69, 9.17) is 5.73 Å². The fourth-order valence-electron chi connectivity index (χ4n) is 2.47. The topological polar surface area (TPSA) is 63.8 Å². The molecule has 0 radical (unpaired) electrons. The minimum Gasteiger partial charge on any atom is -0.383 e. The van der Waals surface area contributed by atoms with E-state index in [0.717, 1.165) is 6.42 Å². The third-order valence-electron chi connectivity index (χ3n) is 3.77. The van der Waals surface area contributed by atoms with Crippen molar-refractivity contribution in [3.8, 4) is 0 Å². The standard InChI is InChI=1S/C15H15F3N4/c16-15(17,18)11-12(9-5-4-6-9)21-14(22-13(11)19)20-10-7-2-1-3-8-10/h1-3,7-9H,4-6H2,(H3,19,20,21,22). The van der Waals surface area contributed by atoms with E-state index >= 15 is 0 Å². The number of para-hydroxylation sites is 1. The number of benzene rings is 1. The predicted octanol–water partition coefficient (Wildman–Crippen LogP) is 4.09. The maximum Gasteiger partial charge on any atom is 0.421 e. The highest BCUT2D eigenvalue weighted by molar-refractivity contribution is 5.57. The lowest BCUT2D eigenvalue weighted by molar-refractivity contribution is -0.138. The summed E-state index contributed by atoms with van der Waals surface area (Å²) in [6.45, 7) is 0. The van der Waals surface area contributed by atoms with Crippen molar-refractivity contribution in [2.75, 3.05) is 11.1 Å². The van der Waals surface area contributed by atoms with Gasteiger partial charge in [0.2, 0.25) is 5.95 Å². The van der Waals surface area contributed by atoms with Gasteiger partial charge in [0.15, 0.2) is 0 Å². The first-order valence-corrected chi connectivity index (χ1v) is 7.02. The number of aromatic nitrogens is 2. The number of nitrogens with one attached hydrogen (secondary N) is 1. The van der Waals surface area contributed by atoms with Crippen LogP contribution >= 0.6 is 0 Å². The van der Waals surface area contributed by atoms with Crippen LogP contribution in [-0.4, -0.2) is 9.97 Å². The number of nitrogens with zero attached hydrogens (tertiary/aromatic N) is 2. The van der Waals surface area contributed by atoms with Gasteiger partial charge >= 0.3 is 6.18 Å². The highest BCUT2D eigenvalue weighted by Gasteiger charge is 2.41. The molecule has 0 amide bonds. The van der Waals surface area contributed by atoms with Gasteiger partial charge < -0.3 is 11.1 Å². The fraction of sp³-hybridized carbons (Fsp3) is 0.333. The summed E-state index contributed by atoms with van der Waals surface area (Å²) in [7, 11) is 0. The third kappa shape index (κ3) is 2.84. The molecule has 4 nitrogen and oxygen atoms in total. The number of nitrogens with two attached hydrogens (primary N) is 1. The average Bonchev–Trinajstić information content (AvgIpc) is 2.35. The number of hydrogen-bond acceptors (Lipinski definition) is 4. The second-order valence-electron chi connectivity index (χ2n) is 5.31. The zero-order valence-electron chi connectivity index (χ0n) is 11.7. The Morgan fingerprint density at radius 1 is 1.09 bits per heavy atom. The van der Waals surface area contributed by atoms with E-state index < -0.39 is 17.6 Å². The van der Waals surface area contributed by atoms with Crippen molar-refractivity contribution in [3.05, 3.63) is 41.6 Å². The number of halogens is 3. The molecule has 116 valence electrons. The van der Waals surface area contributed by atoms with Crippen molar-refractivity contribution in [1.82, 2.24) is 9.97 Å². The Bertz CT molecular complexity index is 666. The van der Waals surface area contributed by atoms with Crippen LogP contribution in [-0.2, 0) is 6.18 Å². The zero-order valence-corrected chi connectivity index (χ0v) is 11.7. The highest BCUT2D eigenvalue weighted by atomic mass is 19.4. The van der Waals surface area contributed by atoms with E-state index in [1.54, 1.807) is 12.1 Å². The van der Waals surface area contributed by atoms with Crippen LogP contribution in [0.5, 0.6) is 0 Å². The van der Waals surface area contributed by atoms with Crippen molar-refractivity contribution in [3.63, 3.8) is 0 Å². The Labute approximate surface area is 125 Å². The summed E-state index contributed by atoms with van der Waals surface area (Å²) < 4.78 is 39.6. The van der Waals surface area contributed by atoms with Crippen LogP contribution in [0.25, 0.3) is 0 Å². The molecule has 0 atom stereocenters. The van der Waals surface area contributed by atoms with Crippen LogP contribution in [0.2, 0.25) is 0 Å². The van der Waals surface area contributed by atoms with E-state index in [-0.39, 0.29) is 17.6 Å². The van der Waals surface area contributed by atoms with Gasteiger partial charge in [0, 0.05) is 11.6 Å². The molecule has 22 heavy (non-hydrogen) atoms. The Morgan fingerprint density at radius 2 is 1.77 bits per heavy atom. The molecule has 1 aliphatic carbocycles. The second-order valence-corrected chi connectivity index (χ2v) is 5.31. The first-order valence-electron chi connectivity index (χ1n) is 7.02. The van der Waals surface area contributed by atoms with E-state index in [0.29, 0.717) is 18.5 Å². The van der Waals surface area contributed by atoms with Gasteiger partial charge in [-0.15, -0.1) is 0 Å². The first kappa shape index (κ1) is 14.6. The van der Waals surface area contributed by atoms with E-state index in [9.17, 15) is 13.2 Å². The maximum absolute atomic E-state index is 13.2. The minimum atomic E-state index is -4.54. The van der Waals surface area contributed by atoms with Crippen molar-refractivity contribution in [2.45, 2.75) is 31.4 Å². The van der Waals surface area contributed by atoms with E-state index in [1.165, 1.54) is 0 Å². The van der Waals surface area contributed by atoms with Gasteiger partial charge in [-0.1, -0.05) is 24.6 Å². The lowest BCUT2D eigenvalue weighted by atomic mass is 9.81. The zero-order chi connectivity index (χ0) is 15.7. The Kier molecular flexibility index (Phi) is 3.64. The average molecular weight is 308 g/mol. The molecule has 1 aromatic carbocycles. The van der Waals surface area contributed by atoms with Crippen LogP contribution in [0.15, 0.2) is 30.3 Å². The molecule has 0 unspecified atom stereocenters. The molecule has 7 heteroatoms. The largest absolute Gasteiger partial charge is 0.421 e. The van der Waals surface area contributed by atoms with Crippen molar-refractivity contribution >= 4 is 17.5 Å². The lowest BCUT2D eigenvalue weighted by Crippen LogP contribution is -2.22. The fourth-order valence-corrected chi connectivity index (χ4v) is 2.47. The first-order chi connectivity index (χ1) is 10.4. The monoisotopic (exact) mass is 308 g/mol. The molecule has 0 bridgehead atoms. The van der Waals surface area contributed by atoms with Gasteiger partial charge in [0.05, 0.1) is 5.69 Å². The SMILES string of the molecule is Nc1nc(Nc2ccccc2)nc(C2CCC2)c1C(F)(F)F. The molecule has 1 saturated carbocycles. The summed E-state index contributed by atoms with van der Waals surface area (Å²) in [6.07, 6.45) is -2.23. The summed E-state index contributed by atoms with van der Waals surface area (Å²) in [5, 5.41) is 2.90. The molecule has 0 saturated heterocycles. The van der Waals surface area contributed by atoms with Crippen molar-refractivity contribution in [2.24, 2.45) is 0 Å². The summed E-state index contributed by atoms with van der Waals surface area (Å²) in [5.41, 5.74) is 5.37. The number of alkyl halides is 3. The van der Waals surface area contributed by atoms with Gasteiger partial charge in [-0.2, -0.15) is 18.2 Å². The molecule has 1 aromatic heterocycles. The van der Waals surface area contributed by atoms with Crippen LogP contribution in [0, 0.1) is 0 Å². The second kappa shape index (κ2) is 5.47. The van der Waals surface area contributed by atoms with Crippen LogP contribution < -0.4 is 11.1 Å². The Balaban J connectivity index is 2.01. The molecular formula is C15H15F3N4. The normalized spacial score (nSPS) is 15.4. The van der Waals surface area contributed by atoms with E-state index in [2.05, 4.69) is 15.3 Å². The van der Waals surface area contributed by atoms with Crippen LogP contribution in [0.4, 0.5) is 30.6 Å². The quantitative estimate of drug-likeness (QED) is 0.896. The maximum atomic E-state index is 13.2. The Morgan fingerprint density at radius 3 is 2.32 bits per heavy atom. The number of nitrogen functional groups attached to an aromatic ring is 1. The summed E-state index contributed by atoms with van der Waals surface area (Å²) in [4.78, 5) is 7.87. The predicted molar refractivity (Wildman–Crippen MR) is 77.8 cm³/mol. The third-order valence-corrected chi connectivity index (χ3v) is 3.77. The lowest BCUT2D eigenvalue weighted by Gasteiger charge is -2.28. The van der Waals surface area contributed by atoms with Gasteiger partial charge in [-0.05, 0) is 25.0 Å². The van der Waals surface area contributed by atoms with Gasteiger partial charge in [0.25, 0.3) is 0 Å². The molecule has 3 N–H and O–H groups in total. The van der Waals surface area contributed by atoms with Gasteiger partial charge in [-0.25, -0.2) is 4.98 Å². The van der Waals surface area contributed by atoms with Gasteiger partial charge in [-0.3, -0.25) is 0 Å². The minimum absolute atomic E-state index is 0.00433. The Hall–Kier alpha value is -2.31. The molecule has 1 fully saturated rings. The molecule has 1 heterocycles. The number of hydrogen-bond donors (Lipinski definition) is 2. The van der Waals surface area contributed by atoms with Crippen LogP contribution in [0.1, 0.15) is 36.4 Å². The highest BCUT2D eigenvalue weighted by Crippen LogP contribution is 2.44. The number of anilines is 3. The summed E-state index contributed by atoms with van der Waals surface area (Å²) >= 11 is 0. The molecule has 0 spiro atoms. The summed E-state index contributed by atoms with van der Waals surface area (Å²) in [5.74, 6) is -0.625. The molecular weight excluding hydrogens is 293 g/mol. The molecule has 1 aliphatic rings. The van der Waals surface area contributed by atoms with Crippen LogP contribution in [0.3, 0.4) is 0 Å². The number of rotatable bonds is 3. The molecule has 0 aliphatic heterocycles. The van der Waals surface area contributed by atoms with Crippen molar-refractivity contribution < 1.29 is 13.2 Å². The smallest absolute Gasteiger partial charge is 0.383 e. The van der Waals surface area contributed by atoms with Crippen molar-refractivity contribution in [1.29, 1.82) is 0 Å². The van der Waals surface area contributed by atoms with Gasteiger partial charge in [0.1, 0.15) is 11.4 Å². The van der Waals surface area contributed by atoms with E-state index in [1.807, 2.05) is 18.2 Å². The molecule has 2 aromatic rings.